The summed E-state index contributed by atoms with van der Waals surface area (Å²) in [5, 5.41) is 3.11. The Balaban J connectivity index is 1.57. The molecule has 134 valence electrons. The summed E-state index contributed by atoms with van der Waals surface area (Å²) in [5.41, 5.74) is 0. The minimum absolute atomic E-state index is 0.110. The molecule has 0 radical (unpaired) electrons. The van der Waals surface area contributed by atoms with Crippen molar-refractivity contribution in [1.29, 1.82) is 0 Å². The lowest BCUT2D eigenvalue weighted by Gasteiger charge is -2.31. The molecule has 0 bridgehead atoms. The van der Waals surface area contributed by atoms with Gasteiger partial charge in [-0.25, -0.2) is 4.79 Å². The van der Waals surface area contributed by atoms with Gasteiger partial charge in [-0.3, -0.25) is 0 Å². The maximum Gasteiger partial charge on any atom is 0.317 e. The molecular weight excluding hydrogens is 288 g/mol. The molecule has 5 heteroatoms. The van der Waals surface area contributed by atoms with Gasteiger partial charge < -0.3 is 20.0 Å². The molecule has 2 saturated heterocycles. The largest absolute Gasteiger partial charge is 0.337 e. The van der Waals surface area contributed by atoms with Gasteiger partial charge in [-0.05, 0) is 71.1 Å². The molecule has 0 unspecified atom stereocenters. The summed E-state index contributed by atoms with van der Waals surface area (Å²) in [4.78, 5) is 19.2. The number of likely N-dealkylation sites (tertiary alicyclic amines) is 2. The topological polar surface area (TPSA) is 38.8 Å². The van der Waals surface area contributed by atoms with Gasteiger partial charge in [0.1, 0.15) is 0 Å². The van der Waals surface area contributed by atoms with Crippen LogP contribution in [0.2, 0.25) is 0 Å². The summed E-state index contributed by atoms with van der Waals surface area (Å²) < 4.78 is 0. The zero-order valence-electron chi connectivity index (χ0n) is 15.2. The molecule has 0 spiro atoms. The molecule has 0 aromatic rings. The summed E-state index contributed by atoms with van der Waals surface area (Å²) >= 11 is 0. The molecule has 1 N–H and O–H groups in total. The van der Waals surface area contributed by atoms with Gasteiger partial charge in [0, 0.05) is 32.7 Å². The van der Waals surface area contributed by atoms with Crippen molar-refractivity contribution in [2.45, 2.75) is 46.0 Å². The molecule has 2 heterocycles. The molecule has 1 atom stereocenters. The lowest BCUT2D eigenvalue weighted by molar-refractivity contribution is 0.176. The van der Waals surface area contributed by atoms with Gasteiger partial charge in [0.25, 0.3) is 0 Å². The molecule has 0 aromatic carbocycles. The Morgan fingerprint density at radius 3 is 2.57 bits per heavy atom. The van der Waals surface area contributed by atoms with Gasteiger partial charge in [0.2, 0.25) is 0 Å². The molecule has 0 aromatic heterocycles. The standard InChI is InChI=1S/C18H36N4O/c1-3-22(14-7-13-20-10-4-5-11-20)18(23)19-9-15-21-12-6-8-17(2)16-21/h17H,3-16H2,1-2H3,(H,19,23)/t17-/m1/s1. The van der Waals surface area contributed by atoms with E-state index in [9.17, 15) is 4.79 Å². The van der Waals surface area contributed by atoms with Crippen LogP contribution in [-0.4, -0.2) is 79.6 Å². The number of piperidine rings is 1. The molecular formula is C18H36N4O. The number of amides is 2. The number of nitrogens with zero attached hydrogens (tertiary/aromatic N) is 3. The summed E-state index contributed by atoms with van der Waals surface area (Å²) in [6, 6.07) is 0.110. The third kappa shape index (κ3) is 6.68. The van der Waals surface area contributed by atoms with Crippen LogP contribution in [0.5, 0.6) is 0 Å². The Labute approximate surface area is 142 Å². The van der Waals surface area contributed by atoms with Crippen LogP contribution < -0.4 is 5.32 Å². The van der Waals surface area contributed by atoms with Crippen molar-refractivity contribution in [2.75, 3.05) is 58.9 Å². The number of nitrogens with one attached hydrogen (secondary N) is 1. The number of carbonyl (C=O) groups is 1. The number of hydrogen-bond donors (Lipinski definition) is 1. The van der Waals surface area contributed by atoms with E-state index in [1.165, 1.54) is 51.9 Å². The lowest BCUT2D eigenvalue weighted by atomic mass is 10.0. The van der Waals surface area contributed by atoms with Crippen LogP contribution in [0.15, 0.2) is 0 Å². The molecule has 23 heavy (non-hydrogen) atoms. The third-order valence-electron chi connectivity index (χ3n) is 5.22. The summed E-state index contributed by atoms with van der Waals surface area (Å²) in [5.74, 6) is 0.803. The fraction of sp³-hybridized carbons (Fsp3) is 0.944. The molecule has 2 fully saturated rings. The second-order valence-electron chi connectivity index (χ2n) is 7.26. The van der Waals surface area contributed by atoms with E-state index in [1.54, 1.807) is 0 Å². The fourth-order valence-electron chi connectivity index (χ4n) is 3.82. The van der Waals surface area contributed by atoms with Gasteiger partial charge in [-0.2, -0.15) is 0 Å². The Bertz CT molecular complexity index is 344. The van der Waals surface area contributed by atoms with E-state index in [0.29, 0.717) is 0 Å². The SMILES string of the molecule is CCN(CCCN1CCCC1)C(=O)NCCN1CCC[C@@H](C)C1. The van der Waals surface area contributed by atoms with E-state index in [1.807, 2.05) is 4.90 Å². The molecule has 2 rings (SSSR count). The molecule has 2 aliphatic rings. The molecule has 0 aliphatic carbocycles. The quantitative estimate of drug-likeness (QED) is 0.744. The number of urea groups is 1. The van der Waals surface area contributed by atoms with Gasteiger partial charge >= 0.3 is 6.03 Å². The normalized spacial score (nSPS) is 23.1. The zero-order valence-corrected chi connectivity index (χ0v) is 15.2. The van der Waals surface area contributed by atoms with Crippen molar-refractivity contribution < 1.29 is 4.79 Å². The summed E-state index contributed by atoms with van der Waals surface area (Å²) in [7, 11) is 0. The molecule has 2 amide bonds. The number of hydrogen-bond acceptors (Lipinski definition) is 3. The van der Waals surface area contributed by atoms with Crippen LogP contribution >= 0.6 is 0 Å². The Morgan fingerprint density at radius 2 is 1.87 bits per heavy atom. The fourth-order valence-corrected chi connectivity index (χ4v) is 3.82. The lowest BCUT2D eigenvalue weighted by Crippen LogP contribution is -2.45. The first-order chi connectivity index (χ1) is 11.2. The average molecular weight is 325 g/mol. The van der Waals surface area contributed by atoms with Crippen LogP contribution in [-0.2, 0) is 0 Å². The van der Waals surface area contributed by atoms with E-state index >= 15 is 0 Å². The summed E-state index contributed by atoms with van der Waals surface area (Å²) in [6.45, 7) is 13.8. The van der Waals surface area contributed by atoms with E-state index < -0.39 is 0 Å². The second kappa shape index (κ2) is 10.1. The van der Waals surface area contributed by atoms with Gasteiger partial charge in [-0.1, -0.05) is 6.92 Å². The Morgan fingerprint density at radius 1 is 1.13 bits per heavy atom. The highest BCUT2D eigenvalue weighted by Gasteiger charge is 2.17. The van der Waals surface area contributed by atoms with Crippen LogP contribution in [0.4, 0.5) is 4.79 Å². The molecule has 2 aliphatic heterocycles. The second-order valence-corrected chi connectivity index (χ2v) is 7.26. The third-order valence-corrected chi connectivity index (χ3v) is 5.22. The summed E-state index contributed by atoms with van der Waals surface area (Å²) in [6.07, 6.45) is 6.42. The van der Waals surface area contributed by atoms with Gasteiger partial charge in [-0.15, -0.1) is 0 Å². The minimum Gasteiger partial charge on any atom is -0.337 e. The van der Waals surface area contributed by atoms with Crippen molar-refractivity contribution >= 4 is 6.03 Å². The Hall–Kier alpha value is -0.810. The monoisotopic (exact) mass is 324 g/mol. The van der Waals surface area contributed by atoms with Crippen molar-refractivity contribution in [3.8, 4) is 0 Å². The minimum atomic E-state index is 0.110. The first kappa shape index (κ1) is 18.5. The maximum atomic E-state index is 12.3. The molecule has 5 nitrogen and oxygen atoms in total. The van der Waals surface area contributed by atoms with Crippen LogP contribution in [0.3, 0.4) is 0 Å². The van der Waals surface area contributed by atoms with E-state index in [2.05, 4.69) is 29.0 Å². The van der Waals surface area contributed by atoms with Crippen molar-refractivity contribution in [3.05, 3.63) is 0 Å². The smallest absolute Gasteiger partial charge is 0.317 e. The van der Waals surface area contributed by atoms with Crippen molar-refractivity contribution in [3.63, 3.8) is 0 Å². The molecule has 0 saturated carbocycles. The van der Waals surface area contributed by atoms with E-state index in [0.717, 1.165) is 45.1 Å². The predicted octanol–water partition coefficient (Wildman–Crippen LogP) is 2.24. The van der Waals surface area contributed by atoms with Crippen molar-refractivity contribution in [2.24, 2.45) is 5.92 Å². The zero-order chi connectivity index (χ0) is 16.5. The van der Waals surface area contributed by atoms with E-state index in [4.69, 9.17) is 0 Å². The first-order valence-electron chi connectivity index (χ1n) is 9.66. The highest BCUT2D eigenvalue weighted by atomic mass is 16.2. The van der Waals surface area contributed by atoms with Gasteiger partial charge in [0.15, 0.2) is 0 Å². The van der Waals surface area contributed by atoms with Gasteiger partial charge in [0.05, 0.1) is 0 Å². The highest BCUT2D eigenvalue weighted by molar-refractivity contribution is 5.74. The predicted molar refractivity (Wildman–Crippen MR) is 95.8 cm³/mol. The van der Waals surface area contributed by atoms with E-state index in [-0.39, 0.29) is 6.03 Å². The average Bonchev–Trinajstić information content (AvgIpc) is 3.05. The first-order valence-corrected chi connectivity index (χ1v) is 9.66. The number of carbonyl (C=O) groups excluding carboxylic acids is 1. The Kier molecular flexibility index (Phi) is 8.17. The van der Waals surface area contributed by atoms with Crippen LogP contribution in [0.1, 0.15) is 46.0 Å². The van der Waals surface area contributed by atoms with Crippen LogP contribution in [0.25, 0.3) is 0 Å². The van der Waals surface area contributed by atoms with Crippen LogP contribution in [0, 0.1) is 5.92 Å². The number of rotatable bonds is 8. The van der Waals surface area contributed by atoms with Crippen molar-refractivity contribution in [1.82, 2.24) is 20.0 Å². The highest BCUT2D eigenvalue weighted by Crippen LogP contribution is 2.14. The maximum absolute atomic E-state index is 12.3.